The summed E-state index contributed by atoms with van der Waals surface area (Å²) in [5, 5.41) is 11.7. The highest BCUT2D eigenvalue weighted by Gasteiger charge is 2.29. The molecule has 2 atom stereocenters. The fourth-order valence-corrected chi connectivity index (χ4v) is 3.88. The zero-order chi connectivity index (χ0) is 25.3. The van der Waals surface area contributed by atoms with Crippen molar-refractivity contribution in [1.29, 1.82) is 0 Å². The lowest BCUT2D eigenvalue weighted by Crippen LogP contribution is -2.33. The lowest BCUT2D eigenvalue weighted by Gasteiger charge is -2.29. The Morgan fingerprint density at radius 1 is 1.14 bits per heavy atom. The van der Waals surface area contributed by atoms with Crippen molar-refractivity contribution in [3.63, 3.8) is 0 Å². The highest BCUT2D eigenvalue weighted by molar-refractivity contribution is 5.92. The monoisotopic (exact) mass is 495 g/mol. The number of amides is 1. The van der Waals surface area contributed by atoms with Crippen LogP contribution in [0.2, 0.25) is 0 Å². The molecule has 4 rings (SSSR count). The Kier molecular flexibility index (Phi) is 8.66. The summed E-state index contributed by atoms with van der Waals surface area (Å²) < 4.78 is 21.7. The summed E-state index contributed by atoms with van der Waals surface area (Å²) in [6, 6.07) is 14.6. The maximum Gasteiger partial charge on any atom is 0.337 e. The predicted octanol–water partition coefficient (Wildman–Crippen LogP) is 2.41. The van der Waals surface area contributed by atoms with E-state index in [0.717, 1.165) is 16.6 Å². The Bertz CT molecular complexity index is 1170. The number of aliphatic hydroxyl groups excluding tert-OH is 1. The van der Waals surface area contributed by atoms with Crippen LogP contribution in [-0.4, -0.2) is 66.8 Å². The molecule has 36 heavy (non-hydrogen) atoms. The first-order valence-corrected chi connectivity index (χ1v) is 11.7. The van der Waals surface area contributed by atoms with Gasteiger partial charge < -0.3 is 34.4 Å². The molecule has 1 aliphatic heterocycles. The summed E-state index contributed by atoms with van der Waals surface area (Å²) in [6.07, 6.45) is 1.55. The van der Waals surface area contributed by atoms with Gasteiger partial charge in [-0.1, -0.05) is 24.3 Å². The number of nitrogens with zero attached hydrogens (tertiary/aromatic N) is 1. The molecule has 0 saturated heterocycles. The minimum Gasteiger partial charge on any atom is -0.465 e. The second-order valence-electron chi connectivity index (χ2n) is 8.12. The van der Waals surface area contributed by atoms with Crippen molar-refractivity contribution < 1.29 is 33.6 Å². The van der Waals surface area contributed by atoms with Crippen LogP contribution in [0.15, 0.2) is 60.4 Å². The smallest absolute Gasteiger partial charge is 0.337 e. The van der Waals surface area contributed by atoms with Gasteiger partial charge in [-0.3, -0.25) is 4.79 Å². The number of imidazole rings is 1. The van der Waals surface area contributed by atoms with E-state index in [-0.39, 0.29) is 44.6 Å². The highest BCUT2D eigenvalue weighted by atomic mass is 16.7. The number of para-hydroxylation sites is 2. The Morgan fingerprint density at radius 2 is 1.94 bits per heavy atom. The molecule has 3 aromatic rings. The minimum absolute atomic E-state index is 0.0676. The van der Waals surface area contributed by atoms with Gasteiger partial charge in [0.2, 0.25) is 6.29 Å². The van der Waals surface area contributed by atoms with Crippen molar-refractivity contribution in [2.24, 2.45) is 0 Å². The maximum atomic E-state index is 13.0. The number of ether oxygens (including phenoxy) is 4. The van der Waals surface area contributed by atoms with E-state index in [4.69, 9.17) is 24.1 Å². The number of carbonyl (C=O) groups is 2. The number of aromatic nitrogens is 2. The summed E-state index contributed by atoms with van der Waals surface area (Å²) >= 11 is 0. The Hall–Kier alpha value is -3.73. The van der Waals surface area contributed by atoms with Gasteiger partial charge in [0.25, 0.3) is 5.91 Å². The summed E-state index contributed by atoms with van der Waals surface area (Å²) in [5.74, 6) is -0.221. The van der Waals surface area contributed by atoms with Gasteiger partial charge in [-0.2, -0.15) is 0 Å². The maximum absolute atomic E-state index is 13.0. The Balaban J connectivity index is 1.45. The van der Waals surface area contributed by atoms with Gasteiger partial charge >= 0.3 is 5.97 Å². The van der Waals surface area contributed by atoms with Crippen molar-refractivity contribution in [2.45, 2.75) is 25.2 Å². The molecule has 2 aromatic carbocycles. The van der Waals surface area contributed by atoms with Gasteiger partial charge in [0, 0.05) is 12.3 Å². The van der Waals surface area contributed by atoms with E-state index in [9.17, 15) is 9.59 Å². The number of H-pyrrole nitrogens is 1. The number of aromatic amines is 1. The zero-order valence-corrected chi connectivity index (χ0v) is 19.9. The molecule has 1 amide bonds. The van der Waals surface area contributed by atoms with Gasteiger partial charge in [-0.15, -0.1) is 0 Å². The van der Waals surface area contributed by atoms with Crippen LogP contribution in [0.4, 0.5) is 0 Å². The average Bonchev–Trinajstić information content (AvgIpc) is 3.34. The van der Waals surface area contributed by atoms with Crippen molar-refractivity contribution in [2.75, 3.05) is 33.5 Å². The van der Waals surface area contributed by atoms with Crippen molar-refractivity contribution in [1.82, 2.24) is 15.3 Å². The number of aliphatic hydroxyl groups is 1. The lowest BCUT2D eigenvalue weighted by atomic mass is 9.92. The number of allylic oxidation sites excluding steroid dienone is 1. The summed E-state index contributed by atoms with van der Waals surface area (Å²) in [5.41, 5.74) is 3.05. The largest absolute Gasteiger partial charge is 0.465 e. The minimum atomic E-state index is -0.676. The number of hydrogen-bond donors (Lipinski definition) is 3. The first-order valence-electron chi connectivity index (χ1n) is 11.7. The van der Waals surface area contributed by atoms with E-state index in [0.29, 0.717) is 17.8 Å². The van der Waals surface area contributed by atoms with E-state index in [1.807, 2.05) is 36.4 Å². The SMILES string of the molecule is COC(=O)c1ccc([C@H]2C=C(C(=O)NCc3nc4ccccc4[nH]3)O[C@@H](OCCOCCO)C2)cc1. The highest BCUT2D eigenvalue weighted by Crippen LogP contribution is 2.31. The molecule has 10 heteroatoms. The van der Waals surface area contributed by atoms with E-state index < -0.39 is 18.2 Å². The topological polar surface area (TPSA) is 132 Å². The number of hydrogen-bond acceptors (Lipinski definition) is 8. The van der Waals surface area contributed by atoms with Crippen molar-refractivity contribution >= 4 is 22.9 Å². The van der Waals surface area contributed by atoms with Gasteiger partial charge in [0.05, 0.1) is 56.7 Å². The van der Waals surface area contributed by atoms with Gasteiger partial charge in [0.15, 0.2) is 5.76 Å². The molecular formula is C26H29N3O7. The third-order valence-corrected chi connectivity index (χ3v) is 5.66. The van der Waals surface area contributed by atoms with Crippen LogP contribution in [0.1, 0.15) is 34.1 Å². The van der Waals surface area contributed by atoms with Crippen LogP contribution in [0.5, 0.6) is 0 Å². The number of nitrogens with one attached hydrogen (secondary N) is 2. The molecule has 0 radical (unpaired) electrons. The van der Waals surface area contributed by atoms with E-state index in [2.05, 4.69) is 15.3 Å². The van der Waals surface area contributed by atoms with Crippen LogP contribution < -0.4 is 5.32 Å². The molecule has 0 aliphatic carbocycles. The number of benzene rings is 2. The van der Waals surface area contributed by atoms with Crippen LogP contribution in [0.3, 0.4) is 0 Å². The molecule has 0 saturated carbocycles. The molecule has 10 nitrogen and oxygen atoms in total. The quantitative estimate of drug-likeness (QED) is 0.273. The number of carbonyl (C=O) groups excluding carboxylic acids is 2. The molecular weight excluding hydrogens is 466 g/mol. The summed E-state index contributed by atoms with van der Waals surface area (Å²) in [7, 11) is 1.33. The average molecular weight is 496 g/mol. The van der Waals surface area contributed by atoms with Gasteiger partial charge in [-0.05, 0) is 35.9 Å². The van der Waals surface area contributed by atoms with Crippen molar-refractivity contribution in [3.05, 3.63) is 77.3 Å². The van der Waals surface area contributed by atoms with Crippen LogP contribution in [-0.2, 0) is 30.3 Å². The fraction of sp³-hybridized carbons (Fsp3) is 0.346. The van der Waals surface area contributed by atoms with Crippen LogP contribution in [0.25, 0.3) is 11.0 Å². The predicted molar refractivity (Wildman–Crippen MR) is 130 cm³/mol. The molecule has 0 spiro atoms. The van der Waals surface area contributed by atoms with E-state index >= 15 is 0 Å². The standard InChI is InChI=1S/C26H29N3O7/c1-33-26(32)18-8-6-17(7-9-18)19-14-22(36-24(15-19)35-13-12-34-11-10-30)25(31)27-16-23-28-20-4-2-3-5-21(20)29-23/h2-9,14,19,24,30H,10-13,15-16H2,1H3,(H,27,31)(H,28,29)/t19-,24+/m0/s1. The first-order chi connectivity index (χ1) is 17.6. The van der Waals surface area contributed by atoms with Gasteiger partial charge in [-0.25, -0.2) is 9.78 Å². The molecule has 1 aliphatic rings. The molecule has 1 aromatic heterocycles. The third-order valence-electron chi connectivity index (χ3n) is 5.66. The summed E-state index contributed by atoms with van der Waals surface area (Å²) in [4.78, 5) is 32.4. The molecule has 0 bridgehead atoms. The number of esters is 1. The number of fused-ring (bicyclic) bond motifs is 1. The second kappa shape index (κ2) is 12.3. The molecule has 0 unspecified atom stereocenters. The van der Waals surface area contributed by atoms with Crippen LogP contribution in [0, 0.1) is 0 Å². The normalized spacial score (nSPS) is 17.3. The molecule has 2 heterocycles. The lowest BCUT2D eigenvalue weighted by molar-refractivity contribution is -0.151. The summed E-state index contributed by atoms with van der Waals surface area (Å²) in [6.45, 7) is 0.886. The van der Waals surface area contributed by atoms with Gasteiger partial charge in [0.1, 0.15) is 5.82 Å². The third kappa shape index (κ3) is 6.48. The van der Waals surface area contributed by atoms with E-state index in [1.54, 1.807) is 18.2 Å². The second-order valence-corrected chi connectivity index (χ2v) is 8.12. The Labute approximate surface area is 208 Å². The molecule has 3 N–H and O–H groups in total. The molecule has 0 fully saturated rings. The Morgan fingerprint density at radius 3 is 2.69 bits per heavy atom. The number of rotatable bonds is 11. The first kappa shape index (κ1) is 25.4. The fourth-order valence-electron chi connectivity index (χ4n) is 3.88. The molecule has 190 valence electrons. The van der Waals surface area contributed by atoms with Crippen LogP contribution >= 0.6 is 0 Å². The number of methoxy groups -OCH3 is 1. The van der Waals surface area contributed by atoms with Crippen molar-refractivity contribution in [3.8, 4) is 0 Å². The zero-order valence-electron chi connectivity index (χ0n) is 19.9. The van der Waals surface area contributed by atoms with E-state index in [1.165, 1.54) is 7.11 Å².